The van der Waals surface area contributed by atoms with Gasteiger partial charge in [-0.3, -0.25) is 14.5 Å². The predicted molar refractivity (Wildman–Crippen MR) is 107 cm³/mol. The number of thioether (sulfide) groups is 1. The van der Waals surface area contributed by atoms with Crippen LogP contribution in [0.15, 0.2) is 30.3 Å². The largest absolute Gasteiger partial charge is 0.354 e. The molecule has 1 aliphatic heterocycles. The van der Waals surface area contributed by atoms with Gasteiger partial charge in [0.2, 0.25) is 0 Å². The number of amides is 1. The molecule has 144 valence electrons. The van der Waals surface area contributed by atoms with Crippen molar-refractivity contribution in [1.82, 2.24) is 4.90 Å². The van der Waals surface area contributed by atoms with E-state index < -0.39 is 21.4 Å². The molecule has 1 heterocycles. The van der Waals surface area contributed by atoms with Crippen LogP contribution < -0.4 is 0 Å². The smallest absolute Gasteiger partial charge is 0.285 e. The topological polar surface area (TPSA) is 46.6 Å². The predicted octanol–water partition coefficient (Wildman–Crippen LogP) is 5.22. The Kier molecular flexibility index (Phi) is 5.39. The van der Waals surface area contributed by atoms with Crippen LogP contribution in [0.5, 0.6) is 0 Å². The lowest BCUT2D eigenvalue weighted by atomic mass is 9.80. The molecule has 4 nitrogen and oxygen atoms in total. The first-order chi connectivity index (χ1) is 11.7. The minimum Gasteiger partial charge on any atom is -0.354 e. The number of hydrogen-bond donors (Lipinski definition) is 0. The highest BCUT2D eigenvalue weighted by molar-refractivity contribution is 8.14. The van der Waals surface area contributed by atoms with Crippen molar-refractivity contribution < 1.29 is 14.3 Å². The number of ketones is 1. The van der Waals surface area contributed by atoms with Crippen LogP contribution in [0.4, 0.5) is 4.79 Å². The second-order valence-electron chi connectivity index (χ2n) is 9.23. The van der Waals surface area contributed by atoms with E-state index >= 15 is 0 Å². The van der Waals surface area contributed by atoms with Gasteiger partial charge in [-0.2, -0.15) is 0 Å². The van der Waals surface area contributed by atoms with Crippen molar-refractivity contribution in [2.75, 3.05) is 6.61 Å². The number of nitrogens with zero attached hydrogens (tertiary/aromatic N) is 1. The minimum absolute atomic E-state index is 0.0327. The Morgan fingerprint density at radius 1 is 1.04 bits per heavy atom. The summed E-state index contributed by atoms with van der Waals surface area (Å²) in [6, 6.07) is 9.56. The molecule has 1 atom stereocenters. The lowest BCUT2D eigenvalue weighted by molar-refractivity contribution is -0.128. The van der Waals surface area contributed by atoms with E-state index in [0.29, 0.717) is 6.61 Å². The summed E-state index contributed by atoms with van der Waals surface area (Å²) in [4.78, 5) is 28.5. The maximum Gasteiger partial charge on any atom is 0.285 e. The molecule has 0 aliphatic carbocycles. The highest BCUT2D eigenvalue weighted by atomic mass is 32.2. The molecular weight excluding hydrogens is 346 g/mol. The van der Waals surface area contributed by atoms with E-state index in [4.69, 9.17) is 4.74 Å². The van der Waals surface area contributed by atoms with Crippen LogP contribution in [0.25, 0.3) is 0 Å². The van der Waals surface area contributed by atoms with Crippen LogP contribution >= 0.6 is 11.8 Å². The molecule has 1 amide bonds. The standard InChI is InChI=1S/C21H31NO3S/c1-18(2,3)16(23)21(8,15-12-10-9-11-13-15)26-17(24)22-19(4,5)14-25-20(22,6)7/h9-13H,14H2,1-8H3/t21-/m1/s1. The highest BCUT2D eigenvalue weighted by Crippen LogP contribution is 2.46. The molecule has 2 rings (SSSR count). The number of carbonyl (C=O) groups excluding carboxylic acids is 2. The Hall–Kier alpha value is -1.33. The van der Waals surface area contributed by atoms with Crippen LogP contribution in [-0.2, 0) is 14.3 Å². The average Bonchev–Trinajstić information content (AvgIpc) is 2.74. The summed E-state index contributed by atoms with van der Waals surface area (Å²) in [5, 5.41) is -0.138. The van der Waals surface area contributed by atoms with Gasteiger partial charge in [-0.25, -0.2) is 0 Å². The molecule has 1 saturated heterocycles. The SMILES string of the molecule is CC(C)(C)C(=O)[C@](C)(SC(=O)N1C(C)(C)COC1(C)C)c1ccccc1. The monoisotopic (exact) mass is 377 g/mol. The van der Waals surface area contributed by atoms with Gasteiger partial charge in [0.25, 0.3) is 5.24 Å². The second-order valence-corrected chi connectivity index (χ2v) is 10.6. The van der Waals surface area contributed by atoms with Gasteiger partial charge < -0.3 is 4.74 Å². The summed E-state index contributed by atoms with van der Waals surface area (Å²) >= 11 is 1.09. The molecule has 1 aromatic rings. The Labute approximate surface area is 161 Å². The maximum absolute atomic E-state index is 13.4. The number of benzene rings is 1. The summed E-state index contributed by atoms with van der Waals surface area (Å²) < 4.78 is 4.88. The van der Waals surface area contributed by atoms with E-state index in [2.05, 4.69) is 0 Å². The van der Waals surface area contributed by atoms with Gasteiger partial charge in [0.1, 0.15) is 10.5 Å². The molecule has 1 fully saturated rings. The molecule has 0 spiro atoms. The molecule has 0 radical (unpaired) electrons. The molecule has 26 heavy (non-hydrogen) atoms. The van der Waals surface area contributed by atoms with E-state index in [1.54, 1.807) is 4.90 Å². The van der Waals surface area contributed by atoms with Crippen molar-refractivity contribution in [2.45, 2.75) is 71.4 Å². The molecule has 1 aliphatic rings. The zero-order chi connectivity index (χ0) is 20.0. The first-order valence-electron chi connectivity index (χ1n) is 8.99. The molecule has 0 bridgehead atoms. The molecule has 1 aromatic carbocycles. The van der Waals surface area contributed by atoms with E-state index in [9.17, 15) is 9.59 Å². The third kappa shape index (κ3) is 3.84. The number of ether oxygens (including phenoxy) is 1. The molecular formula is C21H31NO3S. The number of Topliss-reactive ketones (excluding diaryl/α,β-unsaturated/α-hetero) is 1. The average molecular weight is 378 g/mol. The van der Waals surface area contributed by atoms with Crippen LogP contribution in [0.3, 0.4) is 0 Å². The maximum atomic E-state index is 13.4. The fourth-order valence-electron chi connectivity index (χ4n) is 3.61. The molecule has 0 N–H and O–H groups in total. The summed E-state index contributed by atoms with van der Waals surface area (Å²) in [5.41, 5.74) is -0.843. The molecule has 0 saturated carbocycles. The Bertz CT molecular complexity index is 675. The van der Waals surface area contributed by atoms with Gasteiger partial charge in [0.15, 0.2) is 5.78 Å². The summed E-state index contributed by atoms with van der Waals surface area (Å²) in [7, 11) is 0. The summed E-state index contributed by atoms with van der Waals surface area (Å²) in [6.45, 7) is 15.8. The van der Waals surface area contributed by atoms with E-state index in [1.165, 1.54) is 0 Å². The summed E-state index contributed by atoms with van der Waals surface area (Å²) in [5.74, 6) is 0.0327. The zero-order valence-electron chi connectivity index (χ0n) is 17.2. The fraction of sp³-hybridized carbons (Fsp3) is 0.619. The van der Waals surface area contributed by atoms with Gasteiger partial charge in [0.05, 0.1) is 12.1 Å². The Balaban J connectivity index is 2.45. The van der Waals surface area contributed by atoms with E-state index in [1.807, 2.05) is 85.7 Å². The van der Waals surface area contributed by atoms with Crippen molar-refractivity contribution >= 4 is 22.8 Å². The van der Waals surface area contributed by atoms with E-state index in [0.717, 1.165) is 17.3 Å². The first kappa shape index (κ1) is 21.0. The van der Waals surface area contributed by atoms with Gasteiger partial charge >= 0.3 is 0 Å². The quantitative estimate of drug-likeness (QED) is 0.725. The number of rotatable bonds is 3. The number of hydrogen-bond acceptors (Lipinski definition) is 4. The van der Waals surface area contributed by atoms with Gasteiger partial charge in [-0.15, -0.1) is 0 Å². The van der Waals surface area contributed by atoms with Gasteiger partial charge in [-0.1, -0.05) is 51.1 Å². The van der Waals surface area contributed by atoms with Crippen LogP contribution in [-0.4, -0.2) is 33.8 Å². The normalized spacial score (nSPS) is 21.3. The number of carbonyl (C=O) groups is 2. The first-order valence-corrected chi connectivity index (χ1v) is 9.81. The molecule has 0 aromatic heterocycles. The van der Waals surface area contributed by atoms with Crippen molar-refractivity contribution in [3.63, 3.8) is 0 Å². The lowest BCUT2D eigenvalue weighted by Crippen LogP contribution is -2.52. The van der Waals surface area contributed by atoms with E-state index in [-0.39, 0.29) is 11.0 Å². The van der Waals surface area contributed by atoms with Crippen LogP contribution in [0.1, 0.15) is 61.0 Å². The van der Waals surface area contributed by atoms with Crippen molar-refractivity contribution in [1.29, 1.82) is 0 Å². The Morgan fingerprint density at radius 3 is 2.00 bits per heavy atom. The minimum atomic E-state index is -0.967. The van der Waals surface area contributed by atoms with Crippen LogP contribution in [0.2, 0.25) is 0 Å². The van der Waals surface area contributed by atoms with Crippen molar-refractivity contribution in [3.8, 4) is 0 Å². The Morgan fingerprint density at radius 2 is 1.58 bits per heavy atom. The van der Waals surface area contributed by atoms with Crippen molar-refractivity contribution in [3.05, 3.63) is 35.9 Å². The van der Waals surface area contributed by atoms with Gasteiger partial charge in [0, 0.05) is 5.41 Å². The second kappa shape index (κ2) is 6.68. The fourth-order valence-corrected chi connectivity index (χ4v) is 5.17. The third-order valence-electron chi connectivity index (χ3n) is 4.84. The lowest BCUT2D eigenvalue weighted by Gasteiger charge is -2.40. The molecule has 5 heteroatoms. The zero-order valence-corrected chi connectivity index (χ0v) is 18.0. The van der Waals surface area contributed by atoms with Gasteiger partial charge in [-0.05, 0) is 51.9 Å². The van der Waals surface area contributed by atoms with Crippen LogP contribution in [0, 0.1) is 5.41 Å². The third-order valence-corrected chi connectivity index (χ3v) is 6.02. The molecule has 0 unspecified atom stereocenters. The highest BCUT2D eigenvalue weighted by Gasteiger charge is 2.52. The van der Waals surface area contributed by atoms with Crippen molar-refractivity contribution in [2.24, 2.45) is 5.41 Å². The summed E-state index contributed by atoms with van der Waals surface area (Å²) in [6.07, 6.45) is 0.